The minimum atomic E-state index is -0.886. The molecule has 0 radical (unpaired) electrons. The highest BCUT2D eigenvalue weighted by Crippen LogP contribution is 2.23. The normalized spacial score (nSPS) is 14.3. The van der Waals surface area contributed by atoms with Crippen LogP contribution in [0.2, 0.25) is 0 Å². The molecule has 1 aliphatic heterocycles. The number of fused-ring (bicyclic) bond motifs is 1. The number of hydrogen-bond donors (Lipinski definition) is 1. The Morgan fingerprint density at radius 2 is 2.28 bits per heavy atom. The molecule has 5 heteroatoms. The molecule has 1 heterocycles. The molecule has 1 aromatic carbocycles. The van der Waals surface area contributed by atoms with Crippen molar-refractivity contribution in [3.8, 4) is 5.75 Å². The first-order chi connectivity index (χ1) is 8.61. The van der Waals surface area contributed by atoms with E-state index in [-0.39, 0.29) is 18.9 Å². The second-order valence-corrected chi connectivity index (χ2v) is 4.21. The van der Waals surface area contributed by atoms with Gasteiger partial charge in [0.2, 0.25) is 0 Å². The van der Waals surface area contributed by atoms with Gasteiger partial charge in [-0.2, -0.15) is 0 Å². The number of amides is 1. The molecule has 5 nitrogen and oxygen atoms in total. The summed E-state index contributed by atoms with van der Waals surface area (Å²) < 4.78 is 5.12. The van der Waals surface area contributed by atoms with Gasteiger partial charge in [0.15, 0.2) is 0 Å². The second kappa shape index (κ2) is 5.08. The fourth-order valence-corrected chi connectivity index (χ4v) is 2.08. The Morgan fingerprint density at radius 3 is 2.94 bits per heavy atom. The zero-order valence-corrected chi connectivity index (χ0v) is 10.2. The van der Waals surface area contributed by atoms with Gasteiger partial charge < -0.3 is 14.7 Å². The Morgan fingerprint density at radius 1 is 1.50 bits per heavy atom. The van der Waals surface area contributed by atoms with Crippen LogP contribution in [-0.4, -0.2) is 42.1 Å². The number of nitrogens with zero attached hydrogens (tertiary/aromatic N) is 1. The lowest BCUT2D eigenvalue weighted by atomic mass is 9.98. The summed E-state index contributed by atoms with van der Waals surface area (Å²) >= 11 is 0. The third-order valence-corrected chi connectivity index (χ3v) is 3.08. The minimum Gasteiger partial charge on any atom is -0.497 e. The molecule has 0 bridgehead atoms. The summed E-state index contributed by atoms with van der Waals surface area (Å²) in [5.74, 6) is -0.246. The van der Waals surface area contributed by atoms with Crippen LogP contribution in [0, 0.1) is 0 Å². The van der Waals surface area contributed by atoms with Crippen molar-refractivity contribution >= 4 is 11.9 Å². The van der Waals surface area contributed by atoms with Crippen LogP contribution in [0.15, 0.2) is 18.2 Å². The molecule has 1 N–H and O–H groups in total. The van der Waals surface area contributed by atoms with Crippen molar-refractivity contribution in [3.63, 3.8) is 0 Å². The molecule has 0 atom stereocenters. The maximum Gasteiger partial charge on any atom is 0.305 e. The lowest BCUT2D eigenvalue weighted by Crippen LogP contribution is -2.38. The lowest BCUT2D eigenvalue weighted by molar-refractivity contribution is -0.137. The van der Waals surface area contributed by atoms with Gasteiger partial charge in [-0.05, 0) is 30.2 Å². The maximum atomic E-state index is 12.1. The zero-order chi connectivity index (χ0) is 13.1. The Balaban J connectivity index is 2.15. The van der Waals surface area contributed by atoms with Crippen molar-refractivity contribution in [2.75, 3.05) is 20.2 Å². The summed E-state index contributed by atoms with van der Waals surface area (Å²) in [7, 11) is 1.59. The van der Waals surface area contributed by atoms with Gasteiger partial charge in [-0.1, -0.05) is 0 Å². The second-order valence-electron chi connectivity index (χ2n) is 4.21. The van der Waals surface area contributed by atoms with E-state index >= 15 is 0 Å². The van der Waals surface area contributed by atoms with E-state index < -0.39 is 5.97 Å². The van der Waals surface area contributed by atoms with E-state index in [0.29, 0.717) is 12.1 Å². The molecule has 18 heavy (non-hydrogen) atoms. The molecule has 2 rings (SSSR count). The van der Waals surface area contributed by atoms with E-state index in [2.05, 4.69) is 0 Å². The molecular weight excluding hydrogens is 234 g/mol. The lowest BCUT2D eigenvalue weighted by Gasteiger charge is -2.28. The standard InChI is InChI=1S/C13H15NO4/c1-18-10-2-3-11-9(8-10)4-6-14(13(11)17)7-5-12(15)16/h2-3,8H,4-7H2,1H3,(H,15,16). The van der Waals surface area contributed by atoms with E-state index in [4.69, 9.17) is 9.84 Å². The number of hydrogen-bond acceptors (Lipinski definition) is 3. The third-order valence-electron chi connectivity index (χ3n) is 3.08. The van der Waals surface area contributed by atoms with Crippen molar-refractivity contribution < 1.29 is 19.4 Å². The van der Waals surface area contributed by atoms with Crippen molar-refractivity contribution in [1.29, 1.82) is 0 Å². The molecule has 1 amide bonds. The highest BCUT2D eigenvalue weighted by molar-refractivity contribution is 5.97. The van der Waals surface area contributed by atoms with Gasteiger partial charge in [0, 0.05) is 18.7 Å². The fourth-order valence-electron chi connectivity index (χ4n) is 2.08. The number of carbonyl (C=O) groups is 2. The summed E-state index contributed by atoms with van der Waals surface area (Å²) in [6.07, 6.45) is 0.717. The van der Waals surface area contributed by atoms with Gasteiger partial charge in [-0.15, -0.1) is 0 Å². The molecule has 0 aliphatic carbocycles. The van der Waals surface area contributed by atoms with Crippen LogP contribution in [0.1, 0.15) is 22.3 Å². The molecule has 0 saturated carbocycles. The van der Waals surface area contributed by atoms with Gasteiger partial charge in [0.25, 0.3) is 5.91 Å². The molecule has 0 fully saturated rings. The van der Waals surface area contributed by atoms with Gasteiger partial charge in [-0.25, -0.2) is 0 Å². The molecular formula is C13H15NO4. The van der Waals surface area contributed by atoms with Crippen LogP contribution < -0.4 is 4.74 Å². The Hall–Kier alpha value is -2.04. The first-order valence-corrected chi connectivity index (χ1v) is 5.80. The molecule has 96 valence electrons. The summed E-state index contributed by atoms with van der Waals surface area (Å²) in [4.78, 5) is 24.2. The molecule has 1 aliphatic rings. The summed E-state index contributed by atoms with van der Waals surface area (Å²) in [6, 6.07) is 5.35. The van der Waals surface area contributed by atoms with E-state index in [1.807, 2.05) is 6.07 Å². The Kier molecular flexibility index (Phi) is 3.50. The minimum absolute atomic E-state index is 0.0166. The summed E-state index contributed by atoms with van der Waals surface area (Å²) in [6.45, 7) is 0.825. The maximum absolute atomic E-state index is 12.1. The van der Waals surface area contributed by atoms with Crippen LogP contribution in [0.4, 0.5) is 0 Å². The van der Waals surface area contributed by atoms with E-state index in [0.717, 1.165) is 17.7 Å². The van der Waals surface area contributed by atoms with E-state index in [9.17, 15) is 9.59 Å². The Labute approximate surface area is 105 Å². The number of methoxy groups -OCH3 is 1. The average molecular weight is 249 g/mol. The van der Waals surface area contributed by atoms with Crippen LogP contribution in [0.25, 0.3) is 0 Å². The van der Waals surface area contributed by atoms with Gasteiger partial charge >= 0.3 is 5.97 Å². The van der Waals surface area contributed by atoms with Gasteiger partial charge in [0.05, 0.1) is 13.5 Å². The van der Waals surface area contributed by atoms with E-state index in [1.54, 1.807) is 24.1 Å². The summed E-state index contributed by atoms with van der Waals surface area (Å²) in [5.41, 5.74) is 1.61. The molecule has 0 spiro atoms. The highest BCUT2D eigenvalue weighted by atomic mass is 16.5. The van der Waals surface area contributed by atoms with Crippen molar-refractivity contribution in [3.05, 3.63) is 29.3 Å². The quantitative estimate of drug-likeness (QED) is 0.869. The van der Waals surface area contributed by atoms with E-state index in [1.165, 1.54) is 0 Å². The largest absolute Gasteiger partial charge is 0.497 e. The predicted molar refractivity (Wildman–Crippen MR) is 64.9 cm³/mol. The predicted octanol–water partition coefficient (Wildman–Crippen LogP) is 1.17. The monoisotopic (exact) mass is 249 g/mol. The number of aliphatic carboxylic acids is 1. The number of carboxylic acids is 1. The van der Waals surface area contributed by atoms with Gasteiger partial charge in [0.1, 0.15) is 5.75 Å². The average Bonchev–Trinajstić information content (AvgIpc) is 2.37. The number of carbonyl (C=O) groups excluding carboxylic acids is 1. The summed E-state index contributed by atoms with van der Waals surface area (Å²) in [5, 5.41) is 8.64. The number of ether oxygens (including phenoxy) is 1. The molecule has 1 aromatic rings. The smallest absolute Gasteiger partial charge is 0.305 e. The van der Waals surface area contributed by atoms with Crippen molar-refractivity contribution in [2.24, 2.45) is 0 Å². The number of benzene rings is 1. The molecule has 0 unspecified atom stereocenters. The third kappa shape index (κ3) is 2.45. The van der Waals surface area contributed by atoms with Crippen LogP contribution in [0.3, 0.4) is 0 Å². The molecule has 0 aromatic heterocycles. The number of carboxylic acid groups (broad SMARTS) is 1. The fraction of sp³-hybridized carbons (Fsp3) is 0.385. The molecule has 0 saturated heterocycles. The van der Waals surface area contributed by atoms with Crippen LogP contribution >= 0.6 is 0 Å². The number of rotatable bonds is 4. The Bertz CT molecular complexity index is 484. The van der Waals surface area contributed by atoms with Crippen LogP contribution in [0.5, 0.6) is 5.75 Å². The first kappa shape index (κ1) is 12.4. The zero-order valence-electron chi connectivity index (χ0n) is 10.2. The highest BCUT2D eigenvalue weighted by Gasteiger charge is 2.24. The topological polar surface area (TPSA) is 66.8 Å². The SMILES string of the molecule is COc1ccc2c(c1)CCN(CCC(=O)O)C2=O. The van der Waals surface area contributed by atoms with Crippen molar-refractivity contribution in [1.82, 2.24) is 4.90 Å². The van der Waals surface area contributed by atoms with Gasteiger partial charge in [-0.3, -0.25) is 9.59 Å². The van der Waals surface area contributed by atoms with Crippen LogP contribution in [-0.2, 0) is 11.2 Å². The van der Waals surface area contributed by atoms with Crippen molar-refractivity contribution in [2.45, 2.75) is 12.8 Å². The first-order valence-electron chi connectivity index (χ1n) is 5.80.